The van der Waals surface area contributed by atoms with Gasteiger partial charge in [0.2, 0.25) is 0 Å². The molecule has 0 aromatic heterocycles. The number of hydrogen-bond donors (Lipinski definition) is 3. The van der Waals surface area contributed by atoms with Crippen LogP contribution >= 0.6 is 0 Å². The minimum atomic E-state index is -1.37. The molecule has 0 aromatic carbocycles. The van der Waals surface area contributed by atoms with Crippen LogP contribution in [-0.2, 0) is 0 Å². The van der Waals surface area contributed by atoms with Crippen molar-refractivity contribution in [1.29, 1.82) is 0 Å². The molecule has 0 amide bonds. The summed E-state index contributed by atoms with van der Waals surface area (Å²) in [5, 5.41) is 0. The molecule has 3 unspecified atom stereocenters. The van der Waals surface area contributed by atoms with Gasteiger partial charge in [0.15, 0.2) is 8.56 Å². The molecule has 0 radical (unpaired) electrons. The summed E-state index contributed by atoms with van der Waals surface area (Å²) in [5.41, 5.74) is 11.3. The van der Waals surface area contributed by atoms with Gasteiger partial charge in [0.05, 0.1) is 0 Å². The first kappa shape index (κ1) is 11.5. The zero-order chi connectivity index (χ0) is 9.07. The van der Waals surface area contributed by atoms with Crippen LogP contribution in [0, 0.1) is 0 Å². The molecule has 0 aliphatic heterocycles. The maximum atomic E-state index is 9.54. The fourth-order valence-electron chi connectivity index (χ4n) is 0.838. The molecule has 0 rings (SSSR count). The van der Waals surface area contributed by atoms with Gasteiger partial charge in [-0.15, -0.1) is 0 Å². The third-order valence-corrected chi connectivity index (χ3v) is 16.7. The Balaban J connectivity index is 3.90. The van der Waals surface area contributed by atoms with Crippen molar-refractivity contribution >= 4 is 26.9 Å². The molecule has 0 aromatic rings. The first-order valence-corrected chi connectivity index (χ1v) is 14.4. The Morgan fingerprint density at radius 3 is 2.55 bits per heavy atom. The van der Waals surface area contributed by atoms with Gasteiger partial charge >= 0.3 is 0 Å². The van der Waals surface area contributed by atoms with E-state index in [2.05, 4.69) is 0 Å². The van der Waals surface area contributed by atoms with Crippen molar-refractivity contribution in [3.05, 3.63) is 0 Å². The minimum absolute atomic E-state index is 0.00753. The SMILES string of the molecule is CC(N)C(C)(N)C[SiH](O)[SiH2][SiH3]. The topological polar surface area (TPSA) is 72.3 Å². The maximum absolute atomic E-state index is 9.54. The molecular formula is C5H20N2OSi3. The first-order valence-electron chi connectivity index (χ1n) is 4.12. The van der Waals surface area contributed by atoms with Crippen molar-refractivity contribution in [3.8, 4) is 0 Å². The van der Waals surface area contributed by atoms with Gasteiger partial charge in [-0.2, -0.15) is 0 Å². The number of rotatable bonds is 4. The van der Waals surface area contributed by atoms with Crippen LogP contribution in [0.4, 0.5) is 0 Å². The van der Waals surface area contributed by atoms with Gasteiger partial charge in [0, 0.05) is 20.1 Å². The largest absolute Gasteiger partial charge is 0.438 e. The van der Waals surface area contributed by atoms with E-state index in [-0.39, 0.29) is 20.1 Å². The van der Waals surface area contributed by atoms with E-state index >= 15 is 0 Å². The third-order valence-electron chi connectivity index (χ3n) is 2.19. The molecule has 11 heavy (non-hydrogen) atoms. The highest BCUT2D eigenvalue weighted by Crippen LogP contribution is 2.11. The van der Waals surface area contributed by atoms with E-state index in [0.717, 1.165) is 6.04 Å². The summed E-state index contributed by atoms with van der Waals surface area (Å²) in [6.45, 7) is 3.86. The zero-order valence-corrected chi connectivity index (χ0v) is 12.2. The summed E-state index contributed by atoms with van der Waals surface area (Å²) >= 11 is 0. The lowest BCUT2D eigenvalue weighted by Crippen LogP contribution is -2.54. The monoisotopic (exact) mass is 208 g/mol. The normalized spacial score (nSPS) is 23.7. The summed E-state index contributed by atoms with van der Waals surface area (Å²) in [4.78, 5) is 9.54. The zero-order valence-electron chi connectivity index (χ0n) is 7.67. The molecule has 68 valence electrons. The van der Waals surface area contributed by atoms with Crippen molar-refractivity contribution in [2.75, 3.05) is 0 Å². The Kier molecular flexibility index (Phi) is 4.75. The summed E-state index contributed by atoms with van der Waals surface area (Å²) in [5.74, 6) is 0. The number of nitrogens with two attached hydrogens (primary N) is 2. The summed E-state index contributed by atoms with van der Waals surface area (Å²) in [6.07, 6.45) is 0. The Bertz CT molecular complexity index is 120. The van der Waals surface area contributed by atoms with Crippen LogP contribution in [0.25, 0.3) is 0 Å². The second-order valence-electron chi connectivity index (χ2n) is 3.56. The molecule has 0 aliphatic rings. The molecule has 0 bridgehead atoms. The minimum Gasteiger partial charge on any atom is -0.438 e. The second-order valence-corrected chi connectivity index (χ2v) is 18.7. The second kappa shape index (κ2) is 4.53. The van der Waals surface area contributed by atoms with Gasteiger partial charge in [-0.3, -0.25) is 0 Å². The summed E-state index contributed by atoms with van der Waals surface area (Å²) in [7, 11) is -0.226. The highest BCUT2D eigenvalue weighted by Gasteiger charge is 2.26. The van der Waals surface area contributed by atoms with Gasteiger partial charge in [-0.25, -0.2) is 0 Å². The van der Waals surface area contributed by atoms with Crippen LogP contribution in [0.15, 0.2) is 0 Å². The van der Waals surface area contributed by atoms with Crippen LogP contribution in [0.5, 0.6) is 0 Å². The van der Waals surface area contributed by atoms with E-state index in [1.807, 2.05) is 13.8 Å². The molecule has 0 spiro atoms. The predicted octanol–water partition coefficient (Wildman–Crippen LogP) is -3.29. The van der Waals surface area contributed by atoms with Crippen LogP contribution in [-0.4, -0.2) is 43.2 Å². The molecule has 3 atom stereocenters. The first-order chi connectivity index (χ1) is 4.90. The van der Waals surface area contributed by atoms with Crippen LogP contribution in [0.3, 0.4) is 0 Å². The lowest BCUT2D eigenvalue weighted by atomic mass is 9.99. The van der Waals surface area contributed by atoms with Crippen molar-refractivity contribution in [3.63, 3.8) is 0 Å². The molecule has 5 N–H and O–H groups in total. The molecule has 0 saturated heterocycles. The molecular weight excluding hydrogens is 188 g/mol. The fourth-order valence-corrected chi connectivity index (χ4v) is 7.84. The summed E-state index contributed by atoms with van der Waals surface area (Å²) < 4.78 is 0. The molecule has 0 saturated carbocycles. The third kappa shape index (κ3) is 4.19. The van der Waals surface area contributed by atoms with Crippen LogP contribution < -0.4 is 11.5 Å². The fraction of sp³-hybridized carbons (Fsp3) is 1.00. The van der Waals surface area contributed by atoms with E-state index in [1.165, 1.54) is 9.76 Å². The van der Waals surface area contributed by atoms with Crippen molar-refractivity contribution in [2.45, 2.75) is 31.5 Å². The van der Waals surface area contributed by atoms with E-state index in [4.69, 9.17) is 11.5 Å². The molecule has 0 heterocycles. The van der Waals surface area contributed by atoms with Crippen LogP contribution in [0.2, 0.25) is 6.04 Å². The van der Waals surface area contributed by atoms with Crippen LogP contribution in [0.1, 0.15) is 13.8 Å². The van der Waals surface area contributed by atoms with Gasteiger partial charge in [-0.05, 0) is 29.7 Å². The van der Waals surface area contributed by atoms with Gasteiger partial charge in [-0.1, -0.05) is 0 Å². The van der Waals surface area contributed by atoms with E-state index < -0.39 is 8.56 Å². The average molecular weight is 208 g/mol. The van der Waals surface area contributed by atoms with E-state index in [1.54, 1.807) is 0 Å². The van der Waals surface area contributed by atoms with Crippen molar-refractivity contribution in [1.82, 2.24) is 0 Å². The van der Waals surface area contributed by atoms with Crippen molar-refractivity contribution < 1.29 is 4.80 Å². The molecule has 6 heteroatoms. The Morgan fingerprint density at radius 1 is 1.82 bits per heavy atom. The summed E-state index contributed by atoms with van der Waals surface area (Å²) in [6, 6.07) is 0.798. The van der Waals surface area contributed by atoms with Gasteiger partial charge in [0.25, 0.3) is 0 Å². The Hall–Kier alpha value is 0.531. The van der Waals surface area contributed by atoms with E-state index in [9.17, 15) is 4.80 Å². The predicted molar refractivity (Wildman–Crippen MR) is 58.9 cm³/mol. The highest BCUT2D eigenvalue weighted by atomic mass is 29.5. The van der Waals surface area contributed by atoms with Crippen molar-refractivity contribution in [2.24, 2.45) is 11.5 Å². The molecule has 3 nitrogen and oxygen atoms in total. The van der Waals surface area contributed by atoms with E-state index in [0.29, 0.717) is 0 Å². The number of hydrogen-bond acceptors (Lipinski definition) is 3. The Morgan fingerprint density at radius 2 is 2.27 bits per heavy atom. The molecule has 0 fully saturated rings. The Labute approximate surface area is 75.1 Å². The van der Waals surface area contributed by atoms with Gasteiger partial charge < -0.3 is 16.3 Å². The lowest BCUT2D eigenvalue weighted by molar-refractivity contribution is 0.416. The standard InChI is InChI=1S/C5H20N2OSi3/c1-4(6)5(2,7)3-11(8)10-9/h4,8,11H,3,6-7,10H2,1-2,9H3. The average Bonchev–Trinajstić information content (AvgIpc) is 1.86. The maximum Gasteiger partial charge on any atom is 0.151 e. The lowest BCUT2D eigenvalue weighted by Gasteiger charge is -2.30. The smallest absolute Gasteiger partial charge is 0.151 e. The molecule has 0 aliphatic carbocycles. The quantitative estimate of drug-likeness (QED) is 0.424. The van der Waals surface area contributed by atoms with Gasteiger partial charge in [0.1, 0.15) is 0 Å². The highest BCUT2D eigenvalue weighted by molar-refractivity contribution is 7.28.